The van der Waals surface area contributed by atoms with Crippen LogP contribution in [0, 0.1) is 0 Å². The summed E-state index contributed by atoms with van der Waals surface area (Å²) >= 11 is 3.19. The Balaban J connectivity index is 1.39. The first-order valence-electron chi connectivity index (χ1n) is 7.52. The second kappa shape index (κ2) is 6.02. The van der Waals surface area contributed by atoms with E-state index in [1.807, 2.05) is 30.5 Å². The van der Waals surface area contributed by atoms with E-state index >= 15 is 0 Å². The van der Waals surface area contributed by atoms with E-state index < -0.39 is 0 Å². The Bertz CT molecular complexity index is 673. The molecule has 0 aliphatic carbocycles. The number of nitrogens with one attached hydrogen (secondary N) is 2. The van der Waals surface area contributed by atoms with Crippen molar-refractivity contribution in [1.29, 1.82) is 0 Å². The Labute approximate surface area is 137 Å². The van der Waals surface area contributed by atoms with Crippen molar-refractivity contribution < 1.29 is 4.79 Å². The molecule has 2 bridgehead atoms. The summed E-state index contributed by atoms with van der Waals surface area (Å²) in [5, 5.41) is 6.74. The quantitative estimate of drug-likeness (QED) is 0.904. The van der Waals surface area contributed by atoms with Gasteiger partial charge in [0.15, 0.2) is 0 Å². The minimum atomic E-state index is 0.0578. The summed E-state index contributed by atoms with van der Waals surface area (Å²) in [4.78, 5) is 18.4. The minimum Gasteiger partial charge on any atom is -0.347 e. The molecule has 1 amide bonds. The molecule has 4 nitrogen and oxygen atoms in total. The third-order valence-corrected chi connectivity index (χ3v) is 6.47. The topological polar surface area (TPSA) is 54.0 Å². The minimum absolute atomic E-state index is 0.0578. The van der Waals surface area contributed by atoms with Crippen LogP contribution in [0.15, 0.2) is 45.8 Å². The third kappa shape index (κ3) is 2.91. The molecule has 2 N–H and O–H groups in total. The molecule has 2 aromatic rings. The second-order valence-corrected chi connectivity index (χ2v) is 8.23. The maximum absolute atomic E-state index is 12.4. The van der Waals surface area contributed by atoms with Crippen LogP contribution in [0.2, 0.25) is 0 Å². The molecule has 2 aliphatic rings. The molecule has 114 valence electrons. The lowest BCUT2D eigenvalue weighted by Gasteiger charge is -2.20. The van der Waals surface area contributed by atoms with E-state index in [-0.39, 0.29) is 5.91 Å². The number of nitrogens with zero attached hydrogens (tertiary/aromatic N) is 1. The molecule has 3 unspecified atom stereocenters. The van der Waals surface area contributed by atoms with Crippen molar-refractivity contribution in [3.05, 3.63) is 41.5 Å². The van der Waals surface area contributed by atoms with E-state index in [9.17, 15) is 4.79 Å². The zero-order chi connectivity index (χ0) is 14.9. The predicted molar refractivity (Wildman–Crippen MR) is 88.5 cm³/mol. The lowest BCUT2D eigenvalue weighted by Crippen LogP contribution is -2.42. The molecule has 2 aliphatic heterocycles. The van der Waals surface area contributed by atoms with Gasteiger partial charge in [-0.1, -0.05) is 11.8 Å². The van der Waals surface area contributed by atoms with E-state index in [4.69, 9.17) is 0 Å². The number of aromatic nitrogens is 1. The summed E-state index contributed by atoms with van der Waals surface area (Å²) in [5.74, 6) is 0.0578. The molecule has 4 rings (SSSR count). The van der Waals surface area contributed by atoms with Gasteiger partial charge in [-0.25, -0.2) is 0 Å². The molecule has 4 heterocycles. The van der Waals surface area contributed by atoms with Crippen molar-refractivity contribution in [2.24, 2.45) is 0 Å². The molecule has 2 aromatic heterocycles. The molecule has 0 spiro atoms. The zero-order valence-corrected chi connectivity index (χ0v) is 13.6. The summed E-state index contributed by atoms with van der Waals surface area (Å²) in [6.45, 7) is 0. The van der Waals surface area contributed by atoms with Gasteiger partial charge in [-0.3, -0.25) is 9.78 Å². The van der Waals surface area contributed by atoms with E-state index in [0.29, 0.717) is 18.1 Å². The van der Waals surface area contributed by atoms with Crippen molar-refractivity contribution in [3.8, 4) is 0 Å². The zero-order valence-electron chi connectivity index (χ0n) is 12.0. The van der Waals surface area contributed by atoms with Crippen LogP contribution in [-0.2, 0) is 0 Å². The molecule has 0 aromatic carbocycles. The molecule has 0 saturated carbocycles. The SMILES string of the molecule is O=C(NC1CC2CCC1N2)c1ccc(Sc2cccnc2)s1. The largest absolute Gasteiger partial charge is 0.347 e. The summed E-state index contributed by atoms with van der Waals surface area (Å²) in [7, 11) is 0. The number of carbonyl (C=O) groups excluding carboxylic acids is 1. The van der Waals surface area contributed by atoms with Gasteiger partial charge < -0.3 is 10.6 Å². The lowest BCUT2D eigenvalue weighted by atomic mass is 9.95. The van der Waals surface area contributed by atoms with Gasteiger partial charge in [-0.2, -0.15) is 0 Å². The van der Waals surface area contributed by atoms with Crippen molar-refractivity contribution in [1.82, 2.24) is 15.6 Å². The highest BCUT2D eigenvalue weighted by molar-refractivity contribution is 8.01. The molecule has 6 heteroatoms. The smallest absolute Gasteiger partial charge is 0.261 e. The van der Waals surface area contributed by atoms with Crippen LogP contribution in [0.1, 0.15) is 28.9 Å². The van der Waals surface area contributed by atoms with Crippen molar-refractivity contribution in [3.63, 3.8) is 0 Å². The Hall–Kier alpha value is -1.37. The fourth-order valence-corrected chi connectivity index (χ4v) is 5.24. The van der Waals surface area contributed by atoms with E-state index in [1.165, 1.54) is 12.8 Å². The highest BCUT2D eigenvalue weighted by Gasteiger charge is 2.39. The molecular formula is C16H17N3OS2. The fraction of sp³-hybridized carbons (Fsp3) is 0.375. The number of carbonyl (C=O) groups is 1. The number of fused-ring (bicyclic) bond motifs is 2. The average Bonchev–Trinajstić information content (AvgIpc) is 3.24. The highest BCUT2D eigenvalue weighted by Crippen LogP contribution is 2.33. The molecule has 0 radical (unpaired) electrons. The molecular weight excluding hydrogens is 314 g/mol. The van der Waals surface area contributed by atoms with E-state index in [0.717, 1.165) is 20.4 Å². The van der Waals surface area contributed by atoms with Crippen LogP contribution in [0.4, 0.5) is 0 Å². The molecule has 2 fully saturated rings. The third-order valence-electron chi connectivity index (χ3n) is 4.27. The van der Waals surface area contributed by atoms with Crippen LogP contribution in [0.25, 0.3) is 0 Å². The van der Waals surface area contributed by atoms with Crippen molar-refractivity contribution >= 4 is 29.0 Å². The maximum atomic E-state index is 12.4. The summed E-state index contributed by atoms with van der Waals surface area (Å²) in [6, 6.07) is 9.25. The highest BCUT2D eigenvalue weighted by atomic mass is 32.2. The van der Waals surface area contributed by atoms with Gasteiger partial charge in [0.05, 0.1) is 9.09 Å². The van der Waals surface area contributed by atoms with E-state index in [2.05, 4.69) is 15.6 Å². The number of thiophene rings is 1. The van der Waals surface area contributed by atoms with Crippen LogP contribution >= 0.6 is 23.1 Å². The normalized spacial score (nSPS) is 26.3. The summed E-state index contributed by atoms with van der Waals surface area (Å²) in [5.41, 5.74) is 0. The van der Waals surface area contributed by atoms with Gasteiger partial charge in [0.25, 0.3) is 5.91 Å². The second-order valence-electron chi connectivity index (χ2n) is 5.77. The van der Waals surface area contributed by atoms with E-state index in [1.54, 1.807) is 29.3 Å². The number of pyridine rings is 1. The molecule has 3 atom stereocenters. The van der Waals surface area contributed by atoms with Crippen LogP contribution in [0.5, 0.6) is 0 Å². The van der Waals surface area contributed by atoms with Crippen LogP contribution in [-0.4, -0.2) is 29.0 Å². The monoisotopic (exact) mass is 331 g/mol. The van der Waals surface area contributed by atoms with Crippen molar-refractivity contribution in [2.45, 2.75) is 46.5 Å². The maximum Gasteiger partial charge on any atom is 0.261 e. The molecule has 22 heavy (non-hydrogen) atoms. The van der Waals surface area contributed by atoms with Crippen LogP contribution in [0.3, 0.4) is 0 Å². The van der Waals surface area contributed by atoms with Crippen molar-refractivity contribution in [2.75, 3.05) is 0 Å². The van der Waals surface area contributed by atoms with Gasteiger partial charge in [-0.05, 0) is 43.5 Å². The van der Waals surface area contributed by atoms with Crippen LogP contribution < -0.4 is 10.6 Å². The average molecular weight is 331 g/mol. The lowest BCUT2D eigenvalue weighted by molar-refractivity contribution is 0.0935. The summed E-state index contributed by atoms with van der Waals surface area (Å²) < 4.78 is 1.12. The van der Waals surface area contributed by atoms with Gasteiger partial charge in [0.2, 0.25) is 0 Å². The Morgan fingerprint density at radius 2 is 2.32 bits per heavy atom. The Morgan fingerprint density at radius 3 is 3.05 bits per heavy atom. The van der Waals surface area contributed by atoms with Gasteiger partial charge in [-0.15, -0.1) is 11.3 Å². The first-order valence-corrected chi connectivity index (χ1v) is 9.16. The number of hydrogen-bond donors (Lipinski definition) is 2. The number of hydrogen-bond acceptors (Lipinski definition) is 5. The van der Waals surface area contributed by atoms with Gasteiger partial charge >= 0.3 is 0 Å². The fourth-order valence-electron chi connectivity index (χ4n) is 3.24. The first kappa shape index (κ1) is 14.2. The Morgan fingerprint density at radius 1 is 1.36 bits per heavy atom. The standard InChI is InChI=1S/C16H17N3OS2/c20-16(19-13-8-10-3-4-12(13)18-10)14-5-6-15(22-14)21-11-2-1-7-17-9-11/h1-2,5-7,9-10,12-13,18H,3-4,8H2,(H,19,20). The number of rotatable bonds is 4. The van der Waals surface area contributed by atoms with Gasteiger partial charge in [0.1, 0.15) is 0 Å². The Kier molecular flexibility index (Phi) is 3.90. The van der Waals surface area contributed by atoms with Gasteiger partial charge in [0, 0.05) is 35.4 Å². The summed E-state index contributed by atoms with van der Waals surface area (Å²) in [6.07, 6.45) is 7.11. The predicted octanol–water partition coefficient (Wildman–Crippen LogP) is 2.92. The first-order chi connectivity index (χ1) is 10.8. The molecule has 2 saturated heterocycles. The number of amides is 1.